The summed E-state index contributed by atoms with van der Waals surface area (Å²) < 4.78 is 0.982. The molecular weight excluding hydrogens is 306 g/mol. The number of nitrogens with one attached hydrogen (secondary N) is 2. The van der Waals surface area contributed by atoms with E-state index in [4.69, 9.17) is 0 Å². The molecular formula is C14H18BrN3O. The van der Waals surface area contributed by atoms with Crippen LogP contribution in [0.15, 0.2) is 33.7 Å². The third-order valence-corrected chi connectivity index (χ3v) is 3.44. The summed E-state index contributed by atoms with van der Waals surface area (Å²) in [4.78, 5) is 16.7. The molecule has 1 heterocycles. The predicted molar refractivity (Wildman–Crippen MR) is 80.0 cm³/mol. The van der Waals surface area contributed by atoms with Crippen LogP contribution in [0.1, 0.15) is 33.3 Å². The monoisotopic (exact) mass is 323 g/mol. The Morgan fingerprint density at radius 3 is 2.37 bits per heavy atom. The number of carbonyl (C=O) groups is 1. The first-order valence-electron chi connectivity index (χ1n) is 6.16. The smallest absolute Gasteiger partial charge is 0.259 e. The quantitative estimate of drug-likeness (QED) is 0.834. The largest absolute Gasteiger partial charge is 0.351 e. The van der Waals surface area contributed by atoms with Crippen molar-refractivity contribution in [1.29, 1.82) is 0 Å². The molecule has 4 nitrogen and oxygen atoms in total. The molecule has 2 rings (SSSR count). The van der Waals surface area contributed by atoms with E-state index in [1.54, 1.807) is 0 Å². The molecule has 0 spiro atoms. The Morgan fingerprint density at radius 1 is 1.26 bits per heavy atom. The normalized spacial score (nSPS) is 23.0. The number of amides is 1. The molecule has 0 fully saturated rings. The zero-order valence-electron chi connectivity index (χ0n) is 11.5. The van der Waals surface area contributed by atoms with Gasteiger partial charge in [-0.3, -0.25) is 10.1 Å². The fourth-order valence-electron chi connectivity index (χ4n) is 1.92. The van der Waals surface area contributed by atoms with Crippen molar-refractivity contribution >= 4 is 27.8 Å². The van der Waals surface area contributed by atoms with Gasteiger partial charge in [0.25, 0.3) is 5.91 Å². The maximum absolute atomic E-state index is 12.2. The number of aliphatic imine (C=N–C) groups is 1. The summed E-state index contributed by atoms with van der Waals surface area (Å²) in [6, 6.07) is 7.65. The molecule has 5 heteroatoms. The lowest BCUT2D eigenvalue weighted by atomic mass is 9.93. The average Bonchev–Trinajstić information content (AvgIpc) is 2.53. The van der Waals surface area contributed by atoms with Crippen LogP contribution in [0.2, 0.25) is 0 Å². The van der Waals surface area contributed by atoms with Gasteiger partial charge in [-0.1, -0.05) is 28.1 Å². The maximum atomic E-state index is 12.2. The molecule has 102 valence electrons. The van der Waals surface area contributed by atoms with Crippen molar-refractivity contribution in [3.8, 4) is 0 Å². The Labute approximate surface area is 121 Å². The number of nitrogens with zero attached hydrogens (tertiary/aromatic N) is 1. The van der Waals surface area contributed by atoms with Crippen LogP contribution in [0.3, 0.4) is 0 Å². The number of hydrogen-bond acceptors (Lipinski definition) is 3. The molecule has 0 bridgehead atoms. The van der Waals surface area contributed by atoms with Crippen molar-refractivity contribution in [2.45, 2.75) is 38.8 Å². The van der Waals surface area contributed by atoms with E-state index < -0.39 is 5.54 Å². The van der Waals surface area contributed by atoms with Crippen molar-refractivity contribution in [3.05, 3.63) is 34.3 Å². The molecule has 0 aromatic heterocycles. The lowest BCUT2D eigenvalue weighted by molar-refractivity contribution is -0.123. The second kappa shape index (κ2) is 4.63. The first kappa shape index (κ1) is 14.1. The summed E-state index contributed by atoms with van der Waals surface area (Å²) in [5.41, 5.74) is -0.135. The molecule has 0 saturated carbocycles. The lowest BCUT2D eigenvalue weighted by Gasteiger charge is -2.21. The minimum atomic E-state index is -0.867. The van der Waals surface area contributed by atoms with Gasteiger partial charge in [0.05, 0.1) is 0 Å². The molecule has 0 saturated heterocycles. The maximum Gasteiger partial charge on any atom is 0.259 e. The van der Waals surface area contributed by atoms with Crippen molar-refractivity contribution in [2.75, 3.05) is 0 Å². The lowest BCUT2D eigenvalue weighted by Crippen LogP contribution is -2.47. The minimum absolute atomic E-state index is 0.110. The summed E-state index contributed by atoms with van der Waals surface area (Å²) >= 11 is 3.39. The fraction of sp³-hybridized carbons (Fsp3) is 0.429. The summed E-state index contributed by atoms with van der Waals surface area (Å²) in [5.74, 6) is 0.421. The highest BCUT2D eigenvalue weighted by Crippen LogP contribution is 2.30. The Balaban J connectivity index is 2.32. The molecule has 1 amide bonds. The molecule has 1 unspecified atom stereocenters. The highest BCUT2D eigenvalue weighted by Gasteiger charge is 2.41. The van der Waals surface area contributed by atoms with E-state index >= 15 is 0 Å². The Kier molecular flexibility index (Phi) is 3.43. The molecule has 1 aromatic rings. The van der Waals surface area contributed by atoms with E-state index in [-0.39, 0.29) is 11.4 Å². The molecule has 0 radical (unpaired) electrons. The van der Waals surface area contributed by atoms with Gasteiger partial charge in [0, 0.05) is 10.0 Å². The molecule has 1 aromatic carbocycles. The van der Waals surface area contributed by atoms with Gasteiger partial charge in [0.15, 0.2) is 11.5 Å². The predicted octanol–water partition coefficient (Wildman–Crippen LogP) is 2.54. The van der Waals surface area contributed by atoms with Gasteiger partial charge in [-0.15, -0.1) is 0 Å². The van der Waals surface area contributed by atoms with E-state index in [1.165, 1.54) is 0 Å². The van der Waals surface area contributed by atoms with Crippen molar-refractivity contribution in [1.82, 2.24) is 10.6 Å². The van der Waals surface area contributed by atoms with Crippen LogP contribution in [0.25, 0.3) is 0 Å². The molecule has 2 N–H and O–H groups in total. The number of benzene rings is 1. The van der Waals surface area contributed by atoms with Gasteiger partial charge < -0.3 is 5.32 Å². The van der Waals surface area contributed by atoms with Crippen LogP contribution < -0.4 is 10.6 Å². The number of rotatable bonds is 1. The second-order valence-corrected chi connectivity index (χ2v) is 6.78. The van der Waals surface area contributed by atoms with Crippen molar-refractivity contribution < 1.29 is 4.79 Å². The molecule has 0 aliphatic carbocycles. The summed E-state index contributed by atoms with van der Waals surface area (Å²) in [6.07, 6.45) is 0. The summed E-state index contributed by atoms with van der Waals surface area (Å²) in [6.45, 7) is 7.90. The molecule has 19 heavy (non-hydrogen) atoms. The Hall–Kier alpha value is -1.36. The van der Waals surface area contributed by atoms with Crippen LogP contribution in [-0.4, -0.2) is 17.4 Å². The van der Waals surface area contributed by atoms with Gasteiger partial charge in [-0.2, -0.15) is 0 Å². The Morgan fingerprint density at radius 2 is 1.84 bits per heavy atom. The van der Waals surface area contributed by atoms with E-state index in [0.29, 0.717) is 5.96 Å². The van der Waals surface area contributed by atoms with Gasteiger partial charge in [-0.25, -0.2) is 4.99 Å². The topological polar surface area (TPSA) is 53.5 Å². The highest BCUT2D eigenvalue weighted by atomic mass is 79.9. The Bertz CT molecular complexity index is 531. The molecule has 1 aliphatic heterocycles. The first-order chi connectivity index (χ1) is 8.71. The van der Waals surface area contributed by atoms with Gasteiger partial charge in [0.2, 0.25) is 0 Å². The zero-order valence-corrected chi connectivity index (χ0v) is 13.1. The van der Waals surface area contributed by atoms with Gasteiger partial charge >= 0.3 is 0 Å². The third-order valence-electron chi connectivity index (χ3n) is 2.91. The first-order valence-corrected chi connectivity index (χ1v) is 6.95. The highest BCUT2D eigenvalue weighted by molar-refractivity contribution is 9.10. The van der Waals surface area contributed by atoms with Crippen LogP contribution >= 0.6 is 15.9 Å². The van der Waals surface area contributed by atoms with E-state index in [0.717, 1.165) is 10.0 Å². The number of hydrogen-bond donors (Lipinski definition) is 2. The SMILES string of the molecule is CC(C)(C)NC1=NC(C)(c2ccc(Br)cc2)C(=O)N1. The fourth-order valence-corrected chi connectivity index (χ4v) is 2.18. The van der Waals surface area contributed by atoms with E-state index in [2.05, 4.69) is 31.6 Å². The number of carbonyl (C=O) groups excluding carboxylic acids is 1. The number of halogens is 1. The van der Waals surface area contributed by atoms with Gasteiger partial charge in [-0.05, 0) is 45.4 Å². The van der Waals surface area contributed by atoms with Crippen LogP contribution in [0.5, 0.6) is 0 Å². The summed E-state index contributed by atoms with van der Waals surface area (Å²) in [7, 11) is 0. The minimum Gasteiger partial charge on any atom is -0.351 e. The van der Waals surface area contributed by atoms with Gasteiger partial charge in [0.1, 0.15) is 0 Å². The molecule has 1 atom stereocenters. The van der Waals surface area contributed by atoms with Crippen LogP contribution in [0.4, 0.5) is 0 Å². The standard InChI is InChI=1S/C14H18BrN3O/c1-13(2,3)17-12-16-11(19)14(4,18-12)9-5-7-10(15)8-6-9/h5-8H,1-4H3,(H2,16,17,18,19). The summed E-state index contributed by atoms with van der Waals surface area (Å²) in [5, 5.41) is 6.00. The second-order valence-electron chi connectivity index (χ2n) is 5.87. The zero-order chi connectivity index (χ0) is 14.3. The van der Waals surface area contributed by atoms with E-state index in [1.807, 2.05) is 52.0 Å². The van der Waals surface area contributed by atoms with E-state index in [9.17, 15) is 4.79 Å². The third kappa shape index (κ3) is 2.97. The van der Waals surface area contributed by atoms with Crippen LogP contribution in [0, 0.1) is 0 Å². The number of guanidine groups is 1. The molecule has 1 aliphatic rings. The van der Waals surface area contributed by atoms with Crippen LogP contribution in [-0.2, 0) is 10.3 Å². The van der Waals surface area contributed by atoms with Crippen molar-refractivity contribution in [2.24, 2.45) is 4.99 Å². The van der Waals surface area contributed by atoms with Crippen molar-refractivity contribution in [3.63, 3.8) is 0 Å². The average molecular weight is 324 g/mol.